The Balaban J connectivity index is 2.12. The molecule has 20 heavy (non-hydrogen) atoms. The minimum atomic E-state index is 1.05. The van der Waals surface area contributed by atoms with Crippen molar-refractivity contribution in [3.8, 4) is 11.1 Å². The van der Waals surface area contributed by atoms with E-state index in [1.165, 1.54) is 33.0 Å². The van der Waals surface area contributed by atoms with Crippen LogP contribution in [0.3, 0.4) is 0 Å². The number of rotatable bonds is 1. The maximum absolute atomic E-state index is 2.36. The van der Waals surface area contributed by atoms with Gasteiger partial charge in [0.2, 0.25) is 0 Å². The molecule has 3 aromatic carbocycles. The summed E-state index contributed by atoms with van der Waals surface area (Å²) in [5, 5.41) is 2.72. The Morgan fingerprint density at radius 2 is 1.45 bits per heavy atom. The van der Waals surface area contributed by atoms with Crippen LogP contribution in [0.1, 0.15) is 11.1 Å². The van der Waals surface area contributed by atoms with Gasteiger partial charge in [-0.25, -0.2) is 0 Å². The first kappa shape index (κ1) is 11.5. The van der Waals surface area contributed by atoms with Crippen molar-refractivity contribution >= 4 is 10.8 Å². The topological polar surface area (TPSA) is 0 Å². The van der Waals surface area contributed by atoms with Crippen LogP contribution >= 0.6 is 0 Å². The Hall–Kier alpha value is -2.34. The molecule has 96 valence electrons. The molecular weight excluding hydrogens is 240 g/mol. The molecule has 1 aliphatic rings. The van der Waals surface area contributed by atoms with Crippen molar-refractivity contribution < 1.29 is 0 Å². The summed E-state index contributed by atoms with van der Waals surface area (Å²) in [6, 6.07) is 21.9. The van der Waals surface area contributed by atoms with E-state index in [4.69, 9.17) is 0 Å². The molecule has 0 heterocycles. The van der Waals surface area contributed by atoms with Gasteiger partial charge in [-0.3, -0.25) is 0 Å². The Labute approximate surface area is 119 Å². The molecule has 0 unspecified atom stereocenters. The molecule has 0 fully saturated rings. The van der Waals surface area contributed by atoms with Crippen LogP contribution in [0.5, 0.6) is 0 Å². The summed E-state index contributed by atoms with van der Waals surface area (Å²) < 4.78 is 0. The Morgan fingerprint density at radius 1 is 0.700 bits per heavy atom. The van der Waals surface area contributed by atoms with E-state index in [1.54, 1.807) is 0 Å². The molecule has 0 spiro atoms. The average molecular weight is 256 g/mol. The van der Waals surface area contributed by atoms with Crippen molar-refractivity contribution in [2.24, 2.45) is 0 Å². The minimum Gasteiger partial charge on any atom is -0.0838 e. The quantitative estimate of drug-likeness (QED) is 0.527. The van der Waals surface area contributed by atoms with Crippen LogP contribution in [0, 0.1) is 0 Å². The summed E-state index contributed by atoms with van der Waals surface area (Å²) >= 11 is 0. The molecule has 0 radical (unpaired) electrons. The molecule has 0 N–H and O–H groups in total. The number of hydrogen-bond donors (Lipinski definition) is 0. The molecular formula is C20H16. The molecule has 0 aromatic heterocycles. The Morgan fingerprint density at radius 3 is 2.35 bits per heavy atom. The summed E-state index contributed by atoms with van der Waals surface area (Å²) in [7, 11) is 0. The Bertz CT molecular complexity index is 795. The van der Waals surface area contributed by atoms with E-state index >= 15 is 0 Å². The summed E-state index contributed by atoms with van der Waals surface area (Å²) in [5.74, 6) is 0. The molecule has 1 aliphatic carbocycles. The minimum absolute atomic E-state index is 1.05. The number of allylic oxidation sites excluding steroid dienone is 2. The fourth-order valence-electron chi connectivity index (χ4n) is 3.21. The van der Waals surface area contributed by atoms with E-state index in [0.29, 0.717) is 0 Å². The van der Waals surface area contributed by atoms with Gasteiger partial charge in [-0.15, -0.1) is 0 Å². The van der Waals surface area contributed by atoms with Gasteiger partial charge in [0.1, 0.15) is 0 Å². The van der Waals surface area contributed by atoms with E-state index in [2.05, 4.69) is 72.8 Å². The van der Waals surface area contributed by atoms with Crippen molar-refractivity contribution in [3.63, 3.8) is 0 Å². The molecule has 0 amide bonds. The highest BCUT2D eigenvalue weighted by Crippen LogP contribution is 2.36. The Kier molecular flexibility index (Phi) is 2.67. The zero-order chi connectivity index (χ0) is 13.4. The normalized spacial score (nSPS) is 13.4. The molecule has 0 saturated heterocycles. The van der Waals surface area contributed by atoms with E-state index in [9.17, 15) is 0 Å². The second-order valence-corrected chi connectivity index (χ2v) is 5.36. The van der Waals surface area contributed by atoms with Gasteiger partial charge in [0, 0.05) is 0 Å². The predicted octanol–water partition coefficient (Wildman–Crippen LogP) is 5.16. The maximum atomic E-state index is 2.36. The molecule has 0 saturated carbocycles. The third-order valence-electron chi connectivity index (χ3n) is 4.14. The summed E-state index contributed by atoms with van der Waals surface area (Å²) in [4.78, 5) is 0. The van der Waals surface area contributed by atoms with Crippen LogP contribution in [0.2, 0.25) is 0 Å². The van der Waals surface area contributed by atoms with Crippen LogP contribution in [0.15, 0.2) is 72.8 Å². The zero-order valence-corrected chi connectivity index (χ0v) is 11.3. The smallest absolute Gasteiger partial charge is 0.00673 e. The first-order valence-electron chi connectivity index (χ1n) is 7.17. The largest absolute Gasteiger partial charge is 0.0838 e. The highest BCUT2D eigenvalue weighted by molar-refractivity contribution is 5.99. The maximum Gasteiger partial charge on any atom is -0.00673 e. The van der Waals surface area contributed by atoms with Gasteiger partial charge in [-0.1, -0.05) is 72.8 Å². The lowest BCUT2D eigenvalue weighted by Gasteiger charge is -2.19. The van der Waals surface area contributed by atoms with Gasteiger partial charge < -0.3 is 0 Å². The van der Waals surface area contributed by atoms with E-state index in [1.807, 2.05) is 0 Å². The van der Waals surface area contributed by atoms with Crippen molar-refractivity contribution in [3.05, 3.63) is 83.9 Å². The van der Waals surface area contributed by atoms with E-state index in [0.717, 1.165) is 12.8 Å². The highest BCUT2D eigenvalue weighted by atomic mass is 14.2. The van der Waals surface area contributed by atoms with Crippen molar-refractivity contribution in [1.82, 2.24) is 0 Å². The highest BCUT2D eigenvalue weighted by Gasteiger charge is 2.15. The summed E-state index contributed by atoms with van der Waals surface area (Å²) in [6.07, 6.45) is 6.68. The van der Waals surface area contributed by atoms with Gasteiger partial charge in [-0.05, 0) is 45.9 Å². The van der Waals surface area contributed by atoms with E-state index < -0.39 is 0 Å². The van der Waals surface area contributed by atoms with Crippen LogP contribution in [-0.4, -0.2) is 0 Å². The molecule has 4 rings (SSSR count). The lowest BCUT2D eigenvalue weighted by atomic mass is 9.85. The molecule has 0 aliphatic heterocycles. The van der Waals surface area contributed by atoms with Gasteiger partial charge in [0.25, 0.3) is 0 Å². The second-order valence-electron chi connectivity index (χ2n) is 5.36. The average Bonchev–Trinajstić information content (AvgIpc) is 2.53. The van der Waals surface area contributed by atoms with Gasteiger partial charge in [-0.2, -0.15) is 0 Å². The molecule has 0 nitrogen and oxygen atoms in total. The SMILES string of the molecule is C1=CCc2c(cc3ccccc3c2-c2ccccc2)C1. The van der Waals surface area contributed by atoms with Gasteiger partial charge in [0.05, 0.1) is 0 Å². The fraction of sp³-hybridized carbons (Fsp3) is 0.100. The lowest BCUT2D eigenvalue weighted by molar-refractivity contribution is 1.10. The first-order chi connectivity index (χ1) is 9.93. The monoisotopic (exact) mass is 256 g/mol. The van der Waals surface area contributed by atoms with Crippen LogP contribution < -0.4 is 0 Å². The van der Waals surface area contributed by atoms with Crippen molar-refractivity contribution in [2.45, 2.75) is 12.8 Å². The predicted molar refractivity (Wildman–Crippen MR) is 85.9 cm³/mol. The number of hydrogen-bond acceptors (Lipinski definition) is 0. The number of benzene rings is 3. The van der Waals surface area contributed by atoms with Gasteiger partial charge >= 0.3 is 0 Å². The summed E-state index contributed by atoms with van der Waals surface area (Å²) in [6.45, 7) is 0. The van der Waals surface area contributed by atoms with E-state index in [-0.39, 0.29) is 0 Å². The fourth-order valence-corrected chi connectivity index (χ4v) is 3.21. The third-order valence-corrected chi connectivity index (χ3v) is 4.14. The van der Waals surface area contributed by atoms with Crippen LogP contribution in [-0.2, 0) is 12.8 Å². The number of fused-ring (bicyclic) bond motifs is 2. The van der Waals surface area contributed by atoms with Gasteiger partial charge in [0.15, 0.2) is 0 Å². The summed E-state index contributed by atoms with van der Waals surface area (Å²) in [5.41, 5.74) is 5.72. The van der Waals surface area contributed by atoms with Crippen LogP contribution in [0.4, 0.5) is 0 Å². The molecule has 0 heteroatoms. The van der Waals surface area contributed by atoms with Crippen molar-refractivity contribution in [2.75, 3.05) is 0 Å². The molecule has 0 atom stereocenters. The molecule has 0 bridgehead atoms. The third kappa shape index (κ3) is 1.77. The van der Waals surface area contributed by atoms with Crippen LogP contribution in [0.25, 0.3) is 21.9 Å². The molecule has 3 aromatic rings. The standard InChI is InChI=1S/C20H16/c1-2-8-15(9-3-1)20-18-12-6-4-10-16(18)14-17-11-5-7-13-19(17)20/h1-10,12,14H,11,13H2. The first-order valence-corrected chi connectivity index (χ1v) is 7.17. The zero-order valence-electron chi connectivity index (χ0n) is 11.3. The second kappa shape index (κ2) is 4.64. The van der Waals surface area contributed by atoms with Crippen molar-refractivity contribution in [1.29, 1.82) is 0 Å². The lowest BCUT2D eigenvalue weighted by Crippen LogP contribution is -2.01.